The third-order valence-corrected chi connectivity index (χ3v) is 6.27. The lowest BCUT2D eigenvalue weighted by Crippen LogP contribution is -2.26. The van der Waals surface area contributed by atoms with Crippen LogP contribution in [0.5, 0.6) is 5.75 Å². The minimum Gasteiger partial charge on any atom is -0.493 e. The van der Waals surface area contributed by atoms with E-state index in [9.17, 15) is 9.59 Å². The number of nitrogens with zero attached hydrogens (tertiary/aromatic N) is 1. The highest BCUT2D eigenvalue weighted by Gasteiger charge is 2.14. The Labute approximate surface area is 234 Å². The number of alkyl carbamates (subject to hydrolysis) is 1. The molecule has 40 heavy (non-hydrogen) atoms. The number of ether oxygens (including phenoxy) is 2. The summed E-state index contributed by atoms with van der Waals surface area (Å²) in [5, 5.41) is 11.8. The number of hydrogen-bond acceptors (Lipinski definition) is 6. The summed E-state index contributed by atoms with van der Waals surface area (Å²) in [5.74, 6) is 1.04. The van der Waals surface area contributed by atoms with E-state index >= 15 is 0 Å². The molecule has 3 aromatic carbocycles. The molecule has 208 valence electrons. The summed E-state index contributed by atoms with van der Waals surface area (Å²) in [4.78, 5) is 27.8. The van der Waals surface area contributed by atoms with Crippen molar-refractivity contribution in [2.24, 2.45) is 0 Å². The van der Waals surface area contributed by atoms with Crippen molar-refractivity contribution in [2.45, 2.75) is 52.7 Å². The van der Waals surface area contributed by atoms with Crippen molar-refractivity contribution in [1.29, 1.82) is 0 Å². The number of hydrogen-bond donors (Lipinski definition) is 2. The van der Waals surface area contributed by atoms with Gasteiger partial charge in [0.25, 0.3) is 0 Å². The molecule has 4 aromatic rings. The Bertz CT molecular complexity index is 1450. The minimum atomic E-state index is -0.882. The van der Waals surface area contributed by atoms with Gasteiger partial charge in [0.2, 0.25) is 5.89 Å². The molecule has 1 amide bonds. The molecule has 0 unspecified atom stereocenters. The normalized spacial score (nSPS) is 10.9. The molecule has 1 aromatic heterocycles. The van der Waals surface area contributed by atoms with E-state index in [1.807, 2.05) is 55.5 Å². The fourth-order valence-corrected chi connectivity index (χ4v) is 4.28. The standard InChI is InChI=1S/C32H34N2O6/c1-21(2)39-32(37)33-20-27-19-28(14-12-24(27)13-15-30(35)36)38-17-16-29-22(3)40-31(34-29)26-11-7-10-25(18-26)23-8-5-4-6-9-23/h4-12,14,18-19,21H,13,15-17,20H2,1-3H3,(H,33,37)(H,35,36). The Morgan fingerprint density at radius 1 is 0.925 bits per heavy atom. The van der Waals surface area contributed by atoms with Crippen LogP contribution in [0, 0.1) is 6.92 Å². The van der Waals surface area contributed by atoms with Gasteiger partial charge >= 0.3 is 12.1 Å². The zero-order valence-corrected chi connectivity index (χ0v) is 23.0. The molecule has 0 saturated carbocycles. The Kier molecular flexibility index (Phi) is 9.57. The van der Waals surface area contributed by atoms with Gasteiger partial charge in [-0.1, -0.05) is 48.5 Å². The number of carboxylic acids is 1. The fourth-order valence-electron chi connectivity index (χ4n) is 4.28. The number of aromatic nitrogens is 1. The van der Waals surface area contributed by atoms with Gasteiger partial charge in [0, 0.05) is 24.9 Å². The first-order valence-electron chi connectivity index (χ1n) is 13.3. The van der Waals surface area contributed by atoms with E-state index < -0.39 is 12.1 Å². The number of nitrogens with one attached hydrogen (secondary N) is 1. The quantitative estimate of drug-likeness (QED) is 0.208. The predicted octanol–water partition coefficient (Wildman–Crippen LogP) is 6.59. The molecule has 0 aliphatic rings. The van der Waals surface area contributed by atoms with Crippen LogP contribution in [0.1, 0.15) is 42.8 Å². The van der Waals surface area contributed by atoms with E-state index in [0.717, 1.165) is 39.3 Å². The number of carboxylic acid groups (broad SMARTS) is 1. The van der Waals surface area contributed by atoms with Gasteiger partial charge in [0.15, 0.2) is 0 Å². The second-order valence-corrected chi connectivity index (χ2v) is 9.70. The van der Waals surface area contributed by atoms with Crippen LogP contribution < -0.4 is 10.1 Å². The third kappa shape index (κ3) is 7.96. The van der Waals surface area contributed by atoms with E-state index in [1.54, 1.807) is 13.8 Å². The second kappa shape index (κ2) is 13.5. The van der Waals surface area contributed by atoms with Crippen LogP contribution in [-0.2, 0) is 28.9 Å². The van der Waals surface area contributed by atoms with Crippen LogP contribution in [0.25, 0.3) is 22.6 Å². The van der Waals surface area contributed by atoms with Gasteiger partial charge < -0.3 is 24.3 Å². The Balaban J connectivity index is 1.41. The average molecular weight is 543 g/mol. The maximum absolute atomic E-state index is 12.0. The van der Waals surface area contributed by atoms with Gasteiger partial charge in [0.1, 0.15) is 11.5 Å². The molecule has 0 saturated heterocycles. The minimum absolute atomic E-state index is 0.00826. The van der Waals surface area contributed by atoms with E-state index in [0.29, 0.717) is 31.1 Å². The van der Waals surface area contributed by atoms with Crippen molar-refractivity contribution < 1.29 is 28.6 Å². The molecule has 0 radical (unpaired) electrons. The first-order valence-corrected chi connectivity index (χ1v) is 13.3. The third-order valence-electron chi connectivity index (χ3n) is 6.27. The van der Waals surface area contributed by atoms with E-state index in [-0.39, 0.29) is 19.1 Å². The van der Waals surface area contributed by atoms with Crippen LogP contribution in [0.3, 0.4) is 0 Å². The number of aliphatic carboxylic acids is 1. The maximum atomic E-state index is 12.0. The lowest BCUT2D eigenvalue weighted by atomic mass is 10.0. The zero-order valence-electron chi connectivity index (χ0n) is 23.0. The SMILES string of the molecule is Cc1oc(-c2cccc(-c3ccccc3)c2)nc1CCOc1ccc(CCC(=O)O)c(CNC(=O)OC(C)C)c1. The van der Waals surface area contributed by atoms with Crippen LogP contribution >= 0.6 is 0 Å². The van der Waals surface area contributed by atoms with E-state index in [4.69, 9.17) is 24.0 Å². The van der Waals surface area contributed by atoms with Gasteiger partial charge in [-0.2, -0.15) is 0 Å². The van der Waals surface area contributed by atoms with Crippen LogP contribution in [0.4, 0.5) is 4.79 Å². The summed E-state index contributed by atoms with van der Waals surface area (Å²) in [5.41, 5.74) is 5.54. The van der Waals surface area contributed by atoms with Gasteiger partial charge in [-0.15, -0.1) is 0 Å². The van der Waals surface area contributed by atoms with Crippen LogP contribution in [-0.4, -0.2) is 34.9 Å². The molecule has 0 bridgehead atoms. The molecule has 4 rings (SSSR count). The highest BCUT2D eigenvalue weighted by atomic mass is 16.6. The average Bonchev–Trinajstić information content (AvgIpc) is 3.31. The highest BCUT2D eigenvalue weighted by Crippen LogP contribution is 2.27. The van der Waals surface area contributed by atoms with Crippen molar-refractivity contribution in [3.63, 3.8) is 0 Å². The van der Waals surface area contributed by atoms with Gasteiger partial charge in [-0.25, -0.2) is 9.78 Å². The molecular formula is C32H34N2O6. The zero-order chi connectivity index (χ0) is 28.5. The fraction of sp³-hybridized carbons (Fsp3) is 0.281. The molecular weight excluding hydrogens is 508 g/mol. The van der Waals surface area contributed by atoms with Crippen molar-refractivity contribution in [1.82, 2.24) is 10.3 Å². The lowest BCUT2D eigenvalue weighted by Gasteiger charge is -2.14. The van der Waals surface area contributed by atoms with Crippen molar-refractivity contribution in [2.75, 3.05) is 6.61 Å². The number of benzene rings is 3. The molecule has 0 fully saturated rings. The largest absolute Gasteiger partial charge is 0.493 e. The Morgan fingerprint density at radius 2 is 1.68 bits per heavy atom. The number of carbonyl (C=O) groups is 2. The number of carbonyl (C=O) groups excluding carboxylic acids is 1. The molecule has 0 atom stereocenters. The number of oxazole rings is 1. The van der Waals surface area contributed by atoms with Crippen molar-refractivity contribution in [3.8, 4) is 28.3 Å². The summed E-state index contributed by atoms with van der Waals surface area (Å²) in [6.07, 6.45) is 0.110. The number of rotatable bonds is 12. The van der Waals surface area contributed by atoms with Gasteiger partial charge in [0.05, 0.1) is 18.4 Å². The van der Waals surface area contributed by atoms with Gasteiger partial charge in [-0.3, -0.25) is 4.79 Å². The molecule has 0 aliphatic carbocycles. The lowest BCUT2D eigenvalue weighted by molar-refractivity contribution is -0.136. The summed E-state index contributed by atoms with van der Waals surface area (Å²) in [7, 11) is 0. The van der Waals surface area contributed by atoms with Crippen LogP contribution in [0.2, 0.25) is 0 Å². The molecule has 0 aliphatic heterocycles. The number of aryl methyl sites for hydroxylation is 2. The summed E-state index contributed by atoms with van der Waals surface area (Å²) < 4.78 is 17.1. The molecule has 1 heterocycles. The first-order chi connectivity index (χ1) is 19.3. The molecule has 8 nitrogen and oxygen atoms in total. The topological polar surface area (TPSA) is 111 Å². The Morgan fingerprint density at radius 3 is 2.42 bits per heavy atom. The summed E-state index contributed by atoms with van der Waals surface area (Å²) in [6, 6.07) is 23.7. The maximum Gasteiger partial charge on any atom is 0.407 e. The first kappa shape index (κ1) is 28.4. The predicted molar refractivity (Wildman–Crippen MR) is 152 cm³/mol. The second-order valence-electron chi connectivity index (χ2n) is 9.70. The van der Waals surface area contributed by atoms with E-state index in [1.165, 1.54) is 0 Å². The molecule has 0 spiro atoms. The molecule has 8 heteroatoms. The van der Waals surface area contributed by atoms with Gasteiger partial charge in [-0.05, 0) is 73.7 Å². The van der Waals surface area contributed by atoms with Crippen LogP contribution in [0.15, 0.2) is 77.2 Å². The Hall–Kier alpha value is -4.59. The highest BCUT2D eigenvalue weighted by molar-refractivity contribution is 5.70. The van der Waals surface area contributed by atoms with Crippen molar-refractivity contribution >= 4 is 12.1 Å². The smallest absolute Gasteiger partial charge is 0.407 e. The summed E-state index contributed by atoms with van der Waals surface area (Å²) >= 11 is 0. The molecule has 2 N–H and O–H groups in total. The van der Waals surface area contributed by atoms with Crippen molar-refractivity contribution in [3.05, 3.63) is 95.4 Å². The number of amides is 1. The monoisotopic (exact) mass is 542 g/mol. The summed E-state index contributed by atoms with van der Waals surface area (Å²) in [6.45, 7) is 6.00. The van der Waals surface area contributed by atoms with E-state index in [2.05, 4.69) is 29.6 Å².